The van der Waals surface area contributed by atoms with Gasteiger partial charge < -0.3 is 16.0 Å². The summed E-state index contributed by atoms with van der Waals surface area (Å²) in [6, 6.07) is 0. The molecule has 0 aromatic rings. The lowest BCUT2D eigenvalue weighted by Gasteiger charge is -2.37. The second kappa shape index (κ2) is 6.97. The van der Waals surface area contributed by atoms with Crippen LogP contribution in [0.3, 0.4) is 0 Å². The van der Waals surface area contributed by atoms with Gasteiger partial charge in [0.25, 0.3) is 0 Å². The molecule has 0 bridgehead atoms. The minimum absolute atomic E-state index is 0. The number of amides is 2. The number of halogens is 1. The summed E-state index contributed by atoms with van der Waals surface area (Å²) >= 11 is 0. The highest BCUT2D eigenvalue weighted by molar-refractivity contribution is 5.85. The lowest BCUT2D eigenvalue weighted by atomic mass is 9.67. The molecular weight excluding hydrogens is 290 g/mol. The summed E-state index contributed by atoms with van der Waals surface area (Å²) in [5.41, 5.74) is -0.182. The van der Waals surface area contributed by atoms with Gasteiger partial charge in [0, 0.05) is 25.6 Å². The van der Waals surface area contributed by atoms with Gasteiger partial charge in [-0.1, -0.05) is 12.8 Å². The van der Waals surface area contributed by atoms with E-state index in [9.17, 15) is 9.59 Å². The van der Waals surface area contributed by atoms with E-state index in [4.69, 9.17) is 0 Å². The van der Waals surface area contributed by atoms with E-state index in [0.29, 0.717) is 19.0 Å². The fraction of sp³-hybridized carbons (Fsp3) is 0.867. The molecule has 3 rings (SSSR count). The van der Waals surface area contributed by atoms with E-state index in [1.54, 1.807) is 0 Å². The minimum atomic E-state index is -0.182. The first-order valence-electron chi connectivity index (χ1n) is 7.99. The number of rotatable bonds is 5. The third-order valence-corrected chi connectivity index (χ3v) is 5.15. The Bertz CT molecular complexity index is 400. The van der Waals surface area contributed by atoms with E-state index in [2.05, 4.69) is 16.0 Å². The van der Waals surface area contributed by atoms with Gasteiger partial charge in [-0.25, -0.2) is 0 Å². The van der Waals surface area contributed by atoms with E-state index >= 15 is 0 Å². The molecule has 120 valence electrons. The van der Waals surface area contributed by atoms with Crippen molar-refractivity contribution in [2.45, 2.75) is 38.5 Å². The van der Waals surface area contributed by atoms with Crippen molar-refractivity contribution in [1.29, 1.82) is 0 Å². The van der Waals surface area contributed by atoms with Crippen LogP contribution in [-0.4, -0.2) is 38.0 Å². The summed E-state index contributed by atoms with van der Waals surface area (Å²) in [4.78, 5) is 24.0. The standard InChI is InChI=1S/C15H25N3O2.ClH/c19-13(11-4-5-11)17-7-8-18-14(20)15-6-2-1-3-12(15)9-16-10-15;/h11-12,16H,1-10H2,(H,17,19)(H,18,20);1H/t12-,15+;/m0./s1. The number of nitrogens with one attached hydrogen (secondary N) is 3. The van der Waals surface area contributed by atoms with Crippen molar-refractivity contribution in [3.8, 4) is 0 Å². The highest BCUT2D eigenvalue weighted by Gasteiger charge is 2.49. The normalized spacial score (nSPS) is 31.0. The maximum Gasteiger partial charge on any atom is 0.227 e. The quantitative estimate of drug-likeness (QED) is 0.658. The van der Waals surface area contributed by atoms with Crippen molar-refractivity contribution in [2.24, 2.45) is 17.3 Å². The molecule has 3 aliphatic rings. The Hall–Kier alpha value is -0.810. The predicted octanol–water partition coefficient (Wildman–Crippen LogP) is 0.830. The van der Waals surface area contributed by atoms with Crippen molar-refractivity contribution < 1.29 is 9.59 Å². The maximum atomic E-state index is 12.5. The fourth-order valence-corrected chi connectivity index (χ4v) is 3.72. The third-order valence-electron chi connectivity index (χ3n) is 5.15. The maximum absolute atomic E-state index is 12.5. The van der Waals surface area contributed by atoms with Gasteiger partial charge in [-0.05, 0) is 38.1 Å². The van der Waals surface area contributed by atoms with Crippen LogP contribution in [0.5, 0.6) is 0 Å². The SMILES string of the molecule is Cl.O=C(NCCNC(=O)[C@@]12CCCC[C@H]1CNC2)C1CC1. The molecule has 3 fully saturated rings. The van der Waals surface area contributed by atoms with Crippen LogP contribution in [0, 0.1) is 17.3 Å². The molecule has 1 aliphatic heterocycles. The van der Waals surface area contributed by atoms with Crippen molar-refractivity contribution in [3.05, 3.63) is 0 Å². The third kappa shape index (κ3) is 3.51. The molecule has 1 heterocycles. The summed E-state index contributed by atoms with van der Waals surface area (Å²) in [5.74, 6) is 1.08. The molecule has 2 amide bonds. The molecule has 1 saturated heterocycles. The lowest BCUT2D eigenvalue weighted by molar-refractivity contribution is -0.134. The van der Waals surface area contributed by atoms with Crippen molar-refractivity contribution >= 4 is 24.2 Å². The van der Waals surface area contributed by atoms with Gasteiger partial charge in [0.05, 0.1) is 5.41 Å². The molecular formula is C15H26ClN3O2. The molecule has 0 unspecified atom stereocenters. The molecule has 0 spiro atoms. The van der Waals surface area contributed by atoms with Crippen LogP contribution in [-0.2, 0) is 9.59 Å². The number of hydrogen-bond donors (Lipinski definition) is 3. The van der Waals surface area contributed by atoms with Gasteiger partial charge in [-0.15, -0.1) is 12.4 Å². The second-order valence-corrected chi connectivity index (χ2v) is 6.55. The van der Waals surface area contributed by atoms with E-state index in [1.807, 2.05) is 0 Å². The highest BCUT2D eigenvalue weighted by atomic mass is 35.5. The van der Waals surface area contributed by atoms with Gasteiger partial charge in [0.15, 0.2) is 0 Å². The van der Waals surface area contributed by atoms with Crippen molar-refractivity contribution in [2.75, 3.05) is 26.2 Å². The number of hydrogen-bond acceptors (Lipinski definition) is 3. The smallest absolute Gasteiger partial charge is 0.227 e. The Kier molecular flexibility index (Phi) is 5.49. The largest absolute Gasteiger partial charge is 0.354 e. The molecule has 6 heteroatoms. The molecule has 0 aromatic heterocycles. The Morgan fingerprint density at radius 1 is 1.10 bits per heavy atom. The van der Waals surface area contributed by atoms with Crippen molar-refractivity contribution in [3.63, 3.8) is 0 Å². The molecule has 2 atom stereocenters. The average molecular weight is 316 g/mol. The summed E-state index contributed by atoms with van der Waals surface area (Å²) in [6.45, 7) is 2.89. The molecule has 0 aromatic carbocycles. The summed E-state index contributed by atoms with van der Waals surface area (Å²) < 4.78 is 0. The Morgan fingerprint density at radius 3 is 2.62 bits per heavy atom. The van der Waals surface area contributed by atoms with Gasteiger partial charge >= 0.3 is 0 Å². The first kappa shape index (κ1) is 16.6. The van der Waals surface area contributed by atoms with Crippen LogP contribution in [0.25, 0.3) is 0 Å². The topological polar surface area (TPSA) is 70.2 Å². The zero-order valence-electron chi connectivity index (χ0n) is 12.5. The van der Waals surface area contributed by atoms with Gasteiger partial charge in [-0.3, -0.25) is 9.59 Å². The van der Waals surface area contributed by atoms with E-state index in [-0.39, 0.29) is 35.6 Å². The zero-order chi connectivity index (χ0) is 14.0. The number of carbonyl (C=O) groups is 2. The summed E-state index contributed by atoms with van der Waals surface area (Å²) in [7, 11) is 0. The molecule has 2 aliphatic carbocycles. The fourth-order valence-electron chi connectivity index (χ4n) is 3.72. The Labute approximate surface area is 132 Å². The van der Waals surface area contributed by atoms with Crippen LogP contribution in [0.4, 0.5) is 0 Å². The van der Waals surface area contributed by atoms with Crippen LogP contribution < -0.4 is 16.0 Å². The van der Waals surface area contributed by atoms with Crippen LogP contribution >= 0.6 is 12.4 Å². The van der Waals surface area contributed by atoms with Gasteiger partial charge in [-0.2, -0.15) is 0 Å². The first-order valence-corrected chi connectivity index (χ1v) is 7.99. The van der Waals surface area contributed by atoms with Crippen LogP contribution in [0.15, 0.2) is 0 Å². The molecule has 3 N–H and O–H groups in total. The lowest BCUT2D eigenvalue weighted by Crippen LogP contribution is -2.49. The van der Waals surface area contributed by atoms with Crippen LogP contribution in [0.1, 0.15) is 38.5 Å². The molecule has 5 nitrogen and oxygen atoms in total. The van der Waals surface area contributed by atoms with Gasteiger partial charge in [0.2, 0.25) is 11.8 Å². The van der Waals surface area contributed by atoms with E-state index in [0.717, 1.165) is 38.8 Å². The number of fused-ring (bicyclic) bond motifs is 1. The predicted molar refractivity (Wildman–Crippen MR) is 83.3 cm³/mol. The Morgan fingerprint density at radius 2 is 1.86 bits per heavy atom. The summed E-state index contributed by atoms with van der Waals surface area (Å²) in [5, 5.41) is 9.31. The zero-order valence-corrected chi connectivity index (χ0v) is 13.3. The summed E-state index contributed by atoms with van der Waals surface area (Å²) in [6.07, 6.45) is 6.62. The highest BCUT2D eigenvalue weighted by Crippen LogP contribution is 2.43. The second-order valence-electron chi connectivity index (χ2n) is 6.55. The van der Waals surface area contributed by atoms with E-state index < -0.39 is 0 Å². The molecule has 21 heavy (non-hydrogen) atoms. The number of carbonyl (C=O) groups excluding carboxylic acids is 2. The van der Waals surface area contributed by atoms with E-state index in [1.165, 1.54) is 12.8 Å². The minimum Gasteiger partial charge on any atom is -0.354 e. The molecule has 2 saturated carbocycles. The van der Waals surface area contributed by atoms with Crippen LogP contribution in [0.2, 0.25) is 0 Å². The Balaban J connectivity index is 0.00000161. The van der Waals surface area contributed by atoms with Gasteiger partial charge in [0.1, 0.15) is 0 Å². The monoisotopic (exact) mass is 315 g/mol. The first-order chi connectivity index (χ1) is 9.72. The molecule has 0 radical (unpaired) electrons. The van der Waals surface area contributed by atoms with Crippen molar-refractivity contribution in [1.82, 2.24) is 16.0 Å². The average Bonchev–Trinajstić information content (AvgIpc) is 3.22.